The summed E-state index contributed by atoms with van der Waals surface area (Å²) < 4.78 is 29.5. The van der Waals surface area contributed by atoms with Crippen LogP contribution in [0.5, 0.6) is 0 Å². The van der Waals surface area contributed by atoms with Crippen LogP contribution in [0.4, 0.5) is 20.3 Å². The number of piperazine rings is 1. The molecular weight excluding hydrogens is 382 g/mol. The van der Waals surface area contributed by atoms with Gasteiger partial charge < -0.3 is 15.1 Å². The van der Waals surface area contributed by atoms with E-state index in [1.165, 1.54) is 5.56 Å². The van der Waals surface area contributed by atoms with E-state index >= 15 is 0 Å². The number of pyridine rings is 1. The molecule has 3 heterocycles. The fourth-order valence-corrected chi connectivity index (χ4v) is 4.44. The lowest BCUT2D eigenvalue weighted by Gasteiger charge is -2.32. The second-order valence-corrected chi connectivity index (χ2v) is 8.33. The molecule has 0 radical (unpaired) electrons. The lowest BCUT2D eigenvalue weighted by atomic mass is 10.0. The van der Waals surface area contributed by atoms with E-state index in [0.717, 1.165) is 48.6 Å². The van der Waals surface area contributed by atoms with Crippen molar-refractivity contribution in [1.29, 1.82) is 0 Å². The topological polar surface area (TPSA) is 31.4 Å². The highest BCUT2D eigenvalue weighted by atomic mass is 19.3. The molecule has 1 aromatic carbocycles. The van der Waals surface area contributed by atoms with Gasteiger partial charge in [0.05, 0.1) is 5.52 Å². The number of aryl methyl sites for hydroxylation is 1. The molecule has 4 rings (SSSR count). The lowest BCUT2D eigenvalue weighted by molar-refractivity contribution is 0.0393. The van der Waals surface area contributed by atoms with E-state index in [4.69, 9.17) is 4.98 Å². The molecule has 0 saturated carbocycles. The minimum atomic E-state index is -2.82. The molecule has 2 aliphatic rings. The van der Waals surface area contributed by atoms with Gasteiger partial charge in [-0.25, -0.2) is 13.8 Å². The molecule has 0 atom stereocenters. The van der Waals surface area contributed by atoms with Gasteiger partial charge in [-0.3, -0.25) is 0 Å². The highest BCUT2D eigenvalue weighted by molar-refractivity contribution is 5.94. The van der Waals surface area contributed by atoms with Crippen LogP contribution in [0.1, 0.15) is 25.8 Å². The zero-order valence-electron chi connectivity index (χ0n) is 18.0. The third kappa shape index (κ3) is 4.06. The summed E-state index contributed by atoms with van der Waals surface area (Å²) in [5, 5.41) is 4.53. The standard InChI is InChI=1S/C24H30F2N4/c1-4-5-20-18(3)16-30(11-8-24(20,25)26)23-15-22(29-12-9-27-10-13-29)19-14-17(2)6-7-21(19)28-23/h4-7,14-15,27H,8-13,16H2,1-3H3/b5-4-. The van der Waals surface area contributed by atoms with Crippen LogP contribution >= 0.6 is 0 Å². The number of halogens is 2. The predicted octanol–water partition coefficient (Wildman–Crippen LogP) is 4.69. The van der Waals surface area contributed by atoms with E-state index in [9.17, 15) is 8.78 Å². The highest BCUT2D eigenvalue weighted by Crippen LogP contribution is 2.37. The maximum absolute atomic E-state index is 14.8. The van der Waals surface area contributed by atoms with Gasteiger partial charge in [0.25, 0.3) is 5.92 Å². The van der Waals surface area contributed by atoms with Crippen molar-refractivity contribution in [3.05, 3.63) is 53.1 Å². The summed E-state index contributed by atoms with van der Waals surface area (Å²) in [7, 11) is 0. The smallest absolute Gasteiger partial charge is 0.274 e. The Morgan fingerprint density at radius 2 is 1.83 bits per heavy atom. The molecule has 0 aliphatic carbocycles. The second kappa shape index (κ2) is 8.34. The average Bonchev–Trinajstić information content (AvgIpc) is 2.85. The van der Waals surface area contributed by atoms with Gasteiger partial charge in [-0.1, -0.05) is 23.8 Å². The summed E-state index contributed by atoms with van der Waals surface area (Å²) in [6, 6.07) is 8.38. The first kappa shape index (κ1) is 20.8. The number of aromatic nitrogens is 1. The fourth-order valence-electron chi connectivity index (χ4n) is 4.44. The maximum atomic E-state index is 14.8. The Morgan fingerprint density at radius 1 is 1.07 bits per heavy atom. The Balaban J connectivity index is 1.78. The number of nitrogens with one attached hydrogen (secondary N) is 1. The van der Waals surface area contributed by atoms with E-state index in [0.29, 0.717) is 12.1 Å². The SMILES string of the molecule is C/C=C\C1=C(C)CN(c2cc(N3CCNCC3)c3cc(C)ccc3n2)CCC1(F)F. The van der Waals surface area contributed by atoms with Gasteiger partial charge in [-0.05, 0) is 38.5 Å². The van der Waals surface area contributed by atoms with Crippen LogP contribution in [0.25, 0.3) is 10.9 Å². The Kier molecular flexibility index (Phi) is 5.78. The van der Waals surface area contributed by atoms with Crippen LogP contribution in [0, 0.1) is 6.92 Å². The van der Waals surface area contributed by atoms with Crippen LogP contribution in [-0.4, -0.2) is 50.2 Å². The molecule has 2 aromatic rings. The molecule has 1 aromatic heterocycles. The molecule has 0 unspecified atom stereocenters. The number of anilines is 2. The van der Waals surface area contributed by atoms with Crippen molar-refractivity contribution in [2.24, 2.45) is 0 Å². The Hall–Kier alpha value is -2.47. The Bertz CT molecular complexity index is 990. The van der Waals surface area contributed by atoms with Gasteiger partial charge in [0, 0.05) is 68.4 Å². The first-order chi connectivity index (χ1) is 14.4. The number of nitrogens with zero attached hydrogens (tertiary/aromatic N) is 3. The zero-order chi connectivity index (χ0) is 21.3. The normalized spacial score (nSPS) is 20.3. The molecule has 4 nitrogen and oxygen atoms in total. The molecule has 1 fully saturated rings. The van der Waals surface area contributed by atoms with Gasteiger partial charge in [0.2, 0.25) is 0 Å². The lowest BCUT2D eigenvalue weighted by Crippen LogP contribution is -2.43. The van der Waals surface area contributed by atoms with Gasteiger partial charge in [0.15, 0.2) is 0 Å². The molecule has 0 spiro atoms. The molecular formula is C24H30F2N4. The largest absolute Gasteiger partial charge is 0.368 e. The minimum absolute atomic E-state index is 0.145. The van der Waals surface area contributed by atoms with E-state index in [-0.39, 0.29) is 18.5 Å². The fraction of sp³-hybridized carbons (Fsp3) is 0.458. The first-order valence-corrected chi connectivity index (χ1v) is 10.7. The molecule has 30 heavy (non-hydrogen) atoms. The molecule has 160 valence electrons. The van der Waals surface area contributed by atoms with Gasteiger partial charge in [-0.2, -0.15) is 0 Å². The monoisotopic (exact) mass is 412 g/mol. The van der Waals surface area contributed by atoms with E-state index in [2.05, 4.69) is 35.3 Å². The molecule has 1 saturated heterocycles. The summed E-state index contributed by atoms with van der Waals surface area (Å²) in [5.41, 5.74) is 4.10. The highest BCUT2D eigenvalue weighted by Gasteiger charge is 2.37. The van der Waals surface area contributed by atoms with Gasteiger partial charge in [0.1, 0.15) is 5.82 Å². The molecule has 0 amide bonds. The number of hydrogen-bond donors (Lipinski definition) is 1. The van der Waals surface area contributed by atoms with Gasteiger partial charge in [-0.15, -0.1) is 0 Å². The Labute approximate surface area is 177 Å². The molecule has 0 bridgehead atoms. The number of fused-ring (bicyclic) bond motifs is 1. The molecule has 1 N–H and O–H groups in total. The van der Waals surface area contributed by atoms with Crippen LogP contribution in [0.2, 0.25) is 0 Å². The van der Waals surface area contributed by atoms with Crippen molar-refractivity contribution in [2.75, 3.05) is 49.1 Å². The number of alkyl halides is 2. The van der Waals surface area contributed by atoms with E-state index in [1.54, 1.807) is 19.1 Å². The van der Waals surface area contributed by atoms with Gasteiger partial charge >= 0.3 is 0 Å². The zero-order valence-corrected chi connectivity index (χ0v) is 18.0. The minimum Gasteiger partial charge on any atom is -0.368 e. The van der Waals surface area contributed by atoms with Crippen LogP contribution in [0.3, 0.4) is 0 Å². The van der Waals surface area contributed by atoms with Crippen LogP contribution < -0.4 is 15.1 Å². The third-order valence-electron chi connectivity index (χ3n) is 6.02. The van der Waals surface area contributed by atoms with Crippen LogP contribution in [0.15, 0.2) is 47.6 Å². The molecule has 6 heteroatoms. The number of benzene rings is 1. The summed E-state index contributed by atoms with van der Waals surface area (Å²) in [6.45, 7) is 10.1. The van der Waals surface area contributed by atoms with Crippen LogP contribution in [-0.2, 0) is 0 Å². The predicted molar refractivity (Wildman–Crippen MR) is 121 cm³/mol. The third-order valence-corrected chi connectivity index (χ3v) is 6.02. The maximum Gasteiger partial charge on any atom is 0.274 e. The Morgan fingerprint density at radius 3 is 2.57 bits per heavy atom. The summed E-state index contributed by atoms with van der Waals surface area (Å²) in [4.78, 5) is 9.27. The van der Waals surface area contributed by atoms with Crippen molar-refractivity contribution in [1.82, 2.24) is 10.3 Å². The van der Waals surface area contributed by atoms with E-state index < -0.39 is 5.92 Å². The second-order valence-electron chi connectivity index (χ2n) is 8.33. The van der Waals surface area contributed by atoms with Crippen molar-refractivity contribution in [3.63, 3.8) is 0 Å². The van der Waals surface area contributed by atoms with Crippen molar-refractivity contribution >= 4 is 22.4 Å². The summed E-state index contributed by atoms with van der Waals surface area (Å²) >= 11 is 0. The number of hydrogen-bond acceptors (Lipinski definition) is 4. The van der Waals surface area contributed by atoms with Crippen molar-refractivity contribution in [2.45, 2.75) is 33.1 Å². The summed E-state index contributed by atoms with van der Waals surface area (Å²) in [5.74, 6) is -2.04. The average molecular weight is 413 g/mol. The van der Waals surface area contributed by atoms with Crippen molar-refractivity contribution in [3.8, 4) is 0 Å². The van der Waals surface area contributed by atoms with E-state index in [1.807, 2.05) is 17.9 Å². The number of rotatable bonds is 3. The first-order valence-electron chi connectivity index (χ1n) is 10.7. The number of allylic oxidation sites excluding steroid dienone is 3. The summed E-state index contributed by atoms with van der Waals surface area (Å²) in [6.07, 6.45) is 3.05. The van der Waals surface area contributed by atoms with Crippen molar-refractivity contribution < 1.29 is 8.78 Å². The molecule has 2 aliphatic heterocycles. The quantitative estimate of drug-likeness (QED) is 0.793.